The summed E-state index contributed by atoms with van der Waals surface area (Å²) in [7, 11) is 1.98. The normalized spacial score (nSPS) is 12.3. The molecule has 0 saturated heterocycles. The Labute approximate surface area is 128 Å². The summed E-state index contributed by atoms with van der Waals surface area (Å²) in [6, 6.07) is 15.6. The predicted octanol–water partition coefficient (Wildman–Crippen LogP) is 4.87. The maximum Gasteiger partial charge on any atom is 0.123 e. The Balaban J connectivity index is 1.93. The molecule has 2 aromatic carbocycles. The highest BCUT2D eigenvalue weighted by atomic mass is 79.9. The van der Waals surface area contributed by atoms with Crippen molar-refractivity contribution in [2.45, 2.75) is 25.3 Å². The van der Waals surface area contributed by atoms with Gasteiger partial charge < -0.3 is 5.32 Å². The average Bonchev–Trinajstić information content (AvgIpc) is 2.48. The van der Waals surface area contributed by atoms with Gasteiger partial charge in [0, 0.05) is 10.5 Å². The molecule has 0 amide bonds. The fourth-order valence-electron chi connectivity index (χ4n) is 2.39. The van der Waals surface area contributed by atoms with Gasteiger partial charge in [-0.25, -0.2) is 4.39 Å². The number of aryl methyl sites for hydroxylation is 1. The van der Waals surface area contributed by atoms with Gasteiger partial charge in [0.15, 0.2) is 0 Å². The van der Waals surface area contributed by atoms with Crippen LogP contribution in [0.4, 0.5) is 4.39 Å². The molecule has 2 rings (SSSR count). The molecule has 3 heteroatoms. The molecule has 0 fully saturated rings. The van der Waals surface area contributed by atoms with Crippen molar-refractivity contribution < 1.29 is 4.39 Å². The number of hydrogen-bond donors (Lipinski definition) is 1. The van der Waals surface area contributed by atoms with Crippen LogP contribution in [0.3, 0.4) is 0 Å². The van der Waals surface area contributed by atoms with Crippen LogP contribution < -0.4 is 5.32 Å². The Bertz CT molecular complexity index is 542. The number of hydrogen-bond acceptors (Lipinski definition) is 1. The maximum absolute atomic E-state index is 13.2. The largest absolute Gasteiger partial charge is 0.313 e. The Kier molecular flexibility index (Phi) is 5.74. The van der Waals surface area contributed by atoms with Crippen molar-refractivity contribution in [1.29, 1.82) is 0 Å². The fourth-order valence-corrected chi connectivity index (χ4v) is 2.84. The molecule has 2 aromatic rings. The van der Waals surface area contributed by atoms with Crippen molar-refractivity contribution in [3.05, 3.63) is 69.9 Å². The van der Waals surface area contributed by atoms with E-state index in [2.05, 4.69) is 45.5 Å². The lowest BCUT2D eigenvalue weighted by atomic mass is 9.99. The summed E-state index contributed by atoms with van der Waals surface area (Å²) in [4.78, 5) is 0. The van der Waals surface area contributed by atoms with E-state index >= 15 is 0 Å². The highest BCUT2D eigenvalue weighted by Gasteiger charge is 2.09. The monoisotopic (exact) mass is 335 g/mol. The third kappa shape index (κ3) is 4.15. The lowest BCUT2D eigenvalue weighted by Crippen LogP contribution is -2.16. The lowest BCUT2D eigenvalue weighted by Gasteiger charge is -2.16. The Hall–Kier alpha value is -1.19. The van der Waals surface area contributed by atoms with Crippen molar-refractivity contribution >= 4 is 15.9 Å². The highest BCUT2D eigenvalue weighted by molar-refractivity contribution is 9.10. The molecular weight excluding hydrogens is 317 g/mol. The first kappa shape index (κ1) is 15.2. The van der Waals surface area contributed by atoms with Crippen molar-refractivity contribution in [3.63, 3.8) is 0 Å². The van der Waals surface area contributed by atoms with Gasteiger partial charge in [-0.3, -0.25) is 0 Å². The van der Waals surface area contributed by atoms with Crippen molar-refractivity contribution in [2.24, 2.45) is 0 Å². The van der Waals surface area contributed by atoms with Crippen molar-refractivity contribution in [1.82, 2.24) is 5.32 Å². The number of benzene rings is 2. The minimum atomic E-state index is -0.170. The summed E-state index contributed by atoms with van der Waals surface area (Å²) >= 11 is 3.48. The van der Waals surface area contributed by atoms with Gasteiger partial charge in [0.1, 0.15) is 5.82 Å². The van der Waals surface area contributed by atoms with Crippen LogP contribution in [0, 0.1) is 5.82 Å². The first-order valence-corrected chi connectivity index (χ1v) is 7.66. The van der Waals surface area contributed by atoms with E-state index in [1.807, 2.05) is 13.1 Å². The zero-order valence-electron chi connectivity index (χ0n) is 11.6. The van der Waals surface area contributed by atoms with Gasteiger partial charge >= 0.3 is 0 Å². The van der Waals surface area contributed by atoms with Crippen LogP contribution in [0.2, 0.25) is 0 Å². The molecular formula is C17H19BrFN. The summed E-state index contributed by atoms with van der Waals surface area (Å²) in [5.41, 5.74) is 2.33. The minimum Gasteiger partial charge on any atom is -0.313 e. The molecule has 20 heavy (non-hydrogen) atoms. The molecule has 0 bridgehead atoms. The lowest BCUT2D eigenvalue weighted by molar-refractivity contribution is 0.526. The molecule has 0 saturated carbocycles. The average molecular weight is 336 g/mol. The summed E-state index contributed by atoms with van der Waals surface area (Å²) in [5, 5.41) is 3.34. The first-order valence-electron chi connectivity index (χ1n) is 6.87. The smallest absolute Gasteiger partial charge is 0.123 e. The van der Waals surface area contributed by atoms with Crippen LogP contribution in [0.1, 0.15) is 30.0 Å². The number of nitrogens with one attached hydrogen (secondary N) is 1. The molecule has 0 radical (unpaired) electrons. The van der Waals surface area contributed by atoms with E-state index in [1.54, 1.807) is 12.1 Å². The molecule has 1 nitrogen and oxygen atoms in total. The molecule has 1 atom stereocenters. The second-order valence-corrected chi connectivity index (χ2v) is 5.73. The summed E-state index contributed by atoms with van der Waals surface area (Å²) in [6.45, 7) is 0. The Morgan fingerprint density at radius 2 is 1.90 bits per heavy atom. The Morgan fingerprint density at radius 3 is 2.60 bits per heavy atom. The summed E-state index contributed by atoms with van der Waals surface area (Å²) in [5.74, 6) is -0.170. The predicted molar refractivity (Wildman–Crippen MR) is 85.3 cm³/mol. The van der Waals surface area contributed by atoms with E-state index in [4.69, 9.17) is 0 Å². The van der Waals surface area contributed by atoms with E-state index in [9.17, 15) is 4.39 Å². The van der Waals surface area contributed by atoms with Crippen LogP contribution in [-0.4, -0.2) is 7.05 Å². The first-order chi connectivity index (χ1) is 9.70. The molecule has 0 spiro atoms. The van der Waals surface area contributed by atoms with Crippen LogP contribution in [0.15, 0.2) is 53.0 Å². The van der Waals surface area contributed by atoms with Crippen LogP contribution >= 0.6 is 15.9 Å². The SMILES string of the molecule is CNC(CCCc1cc(F)ccc1Br)c1ccccc1. The van der Waals surface area contributed by atoms with E-state index in [0.29, 0.717) is 6.04 Å². The number of halogens is 2. The summed E-state index contributed by atoms with van der Waals surface area (Å²) < 4.78 is 14.2. The van der Waals surface area contributed by atoms with Gasteiger partial charge in [0.25, 0.3) is 0 Å². The molecule has 1 N–H and O–H groups in total. The van der Waals surface area contributed by atoms with Crippen LogP contribution in [0.25, 0.3) is 0 Å². The van der Waals surface area contributed by atoms with E-state index in [1.165, 1.54) is 11.6 Å². The zero-order valence-corrected chi connectivity index (χ0v) is 13.2. The van der Waals surface area contributed by atoms with E-state index in [0.717, 1.165) is 29.3 Å². The van der Waals surface area contributed by atoms with E-state index in [-0.39, 0.29) is 5.82 Å². The fraction of sp³-hybridized carbons (Fsp3) is 0.294. The molecule has 0 aliphatic heterocycles. The maximum atomic E-state index is 13.2. The number of rotatable bonds is 6. The van der Waals surface area contributed by atoms with Crippen LogP contribution in [-0.2, 0) is 6.42 Å². The summed E-state index contributed by atoms with van der Waals surface area (Å²) in [6.07, 6.45) is 2.93. The topological polar surface area (TPSA) is 12.0 Å². The molecule has 0 aliphatic carbocycles. The molecule has 0 heterocycles. The van der Waals surface area contributed by atoms with Gasteiger partial charge in [0.05, 0.1) is 0 Å². The second kappa shape index (κ2) is 7.55. The van der Waals surface area contributed by atoms with Crippen molar-refractivity contribution in [2.75, 3.05) is 7.05 Å². The molecule has 1 unspecified atom stereocenters. The van der Waals surface area contributed by atoms with Crippen LogP contribution in [0.5, 0.6) is 0 Å². The highest BCUT2D eigenvalue weighted by Crippen LogP contribution is 2.23. The van der Waals surface area contributed by atoms with Gasteiger partial charge in [-0.15, -0.1) is 0 Å². The van der Waals surface area contributed by atoms with Gasteiger partial charge in [-0.2, -0.15) is 0 Å². The molecule has 0 aliphatic rings. The zero-order chi connectivity index (χ0) is 14.4. The van der Waals surface area contributed by atoms with Crippen molar-refractivity contribution in [3.8, 4) is 0 Å². The van der Waals surface area contributed by atoms with E-state index < -0.39 is 0 Å². The van der Waals surface area contributed by atoms with Gasteiger partial charge in [-0.05, 0) is 55.6 Å². The quantitative estimate of drug-likeness (QED) is 0.793. The molecule has 106 valence electrons. The standard InChI is InChI=1S/C17H19BrFN/c1-20-17(13-6-3-2-4-7-13)9-5-8-14-12-15(19)10-11-16(14)18/h2-4,6-7,10-12,17,20H,5,8-9H2,1H3. The molecule has 0 aromatic heterocycles. The Morgan fingerprint density at radius 1 is 1.15 bits per heavy atom. The second-order valence-electron chi connectivity index (χ2n) is 4.88. The third-order valence-electron chi connectivity index (χ3n) is 3.50. The third-order valence-corrected chi connectivity index (χ3v) is 4.27. The minimum absolute atomic E-state index is 0.170. The van der Waals surface area contributed by atoms with Gasteiger partial charge in [-0.1, -0.05) is 46.3 Å². The van der Waals surface area contributed by atoms with Gasteiger partial charge in [0.2, 0.25) is 0 Å².